The van der Waals surface area contributed by atoms with Crippen molar-refractivity contribution in [1.82, 2.24) is 20.6 Å². The molecule has 15 nitrogen and oxygen atoms in total. The van der Waals surface area contributed by atoms with Gasteiger partial charge >= 0.3 is 17.9 Å². The molecule has 8 N–H and O–H groups in total. The lowest BCUT2D eigenvalue weighted by Gasteiger charge is -2.09. The SMILES string of the molecule is CN[C@@H](C)C/C=C/c1cncc(OC(C)C)c1.CN[C@@H](C)C/C=C/c1cncc(OC(C)C)c1.O=C(O)c1ccc(O)cc1.O=C(O)c1ccc(O)cc1.O=C(O)c1ccc(O)cc1. The Hall–Kier alpha value is -7.23. The van der Waals surface area contributed by atoms with Gasteiger partial charge in [0.1, 0.15) is 28.7 Å². The fourth-order valence-electron chi connectivity index (χ4n) is 4.59. The number of phenols is 3. The Balaban J connectivity index is 0.000000409. The van der Waals surface area contributed by atoms with E-state index in [4.69, 9.17) is 40.1 Å². The number of aromatic hydroxyl groups is 3. The van der Waals surface area contributed by atoms with Gasteiger partial charge in [-0.15, -0.1) is 0 Å². The Morgan fingerprint density at radius 2 is 0.797 bits per heavy atom. The molecule has 64 heavy (non-hydrogen) atoms. The van der Waals surface area contributed by atoms with Crippen LogP contribution < -0.4 is 20.1 Å². The molecule has 0 aliphatic rings. The van der Waals surface area contributed by atoms with E-state index in [1.54, 1.807) is 12.4 Å². The molecule has 0 aliphatic heterocycles. The third-order valence-electron chi connectivity index (χ3n) is 8.14. The molecular weight excluding hydrogens is 821 g/mol. The Labute approximate surface area is 375 Å². The number of hydrogen-bond donors (Lipinski definition) is 8. The molecule has 0 radical (unpaired) electrons. The number of phenolic OH excluding ortho intramolecular Hbond substituents is 3. The standard InChI is InChI=1S/2C14H22N2O.3C7H6O3/c2*1-11(2)17-14-8-13(9-16-10-14)7-5-6-12(3)15-4;3*8-6-3-1-5(2-4-6)7(9)10/h2*5,7-12,15H,6H2,1-4H3;3*1-4,8H,(H,9,10)/b2*7-5+;;;/t2*12-;;;/m00.../s1. The van der Waals surface area contributed by atoms with Gasteiger partial charge in [-0.2, -0.15) is 0 Å². The number of carboxylic acid groups (broad SMARTS) is 3. The summed E-state index contributed by atoms with van der Waals surface area (Å²) in [6, 6.07) is 21.1. The topological polar surface area (TPSA) is 241 Å². The van der Waals surface area contributed by atoms with E-state index in [0.29, 0.717) is 12.1 Å². The fraction of sp³-hybridized carbons (Fsp3) is 0.286. The van der Waals surface area contributed by atoms with Crippen molar-refractivity contribution in [2.24, 2.45) is 0 Å². The van der Waals surface area contributed by atoms with E-state index >= 15 is 0 Å². The number of pyridine rings is 2. The molecule has 2 heterocycles. The van der Waals surface area contributed by atoms with Crippen LogP contribution in [0.2, 0.25) is 0 Å². The molecule has 0 saturated carbocycles. The van der Waals surface area contributed by atoms with E-state index in [0.717, 1.165) is 35.5 Å². The molecule has 0 bridgehead atoms. The molecule has 0 amide bonds. The number of aromatic nitrogens is 2. The van der Waals surface area contributed by atoms with Crippen LogP contribution in [0.4, 0.5) is 0 Å². The summed E-state index contributed by atoms with van der Waals surface area (Å²) in [4.78, 5) is 39.0. The number of carboxylic acids is 3. The van der Waals surface area contributed by atoms with Crippen LogP contribution in [0.5, 0.6) is 28.7 Å². The lowest BCUT2D eigenvalue weighted by atomic mass is 10.2. The average Bonchev–Trinajstić information content (AvgIpc) is 3.25. The molecule has 5 aromatic rings. The molecule has 0 fully saturated rings. The summed E-state index contributed by atoms with van der Waals surface area (Å²) in [7, 11) is 3.94. The number of carbonyl (C=O) groups is 3. The molecule has 5 rings (SSSR count). The number of nitrogens with zero attached hydrogens (tertiary/aromatic N) is 2. The van der Waals surface area contributed by atoms with E-state index < -0.39 is 17.9 Å². The van der Waals surface area contributed by atoms with Crippen molar-refractivity contribution in [3.8, 4) is 28.7 Å². The molecule has 0 unspecified atom stereocenters. The number of benzene rings is 3. The normalized spacial score (nSPS) is 11.3. The van der Waals surface area contributed by atoms with Crippen molar-refractivity contribution in [3.63, 3.8) is 0 Å². The smallest absolute Gasteiger partial charge is 0.335 e. The summed E-state index contributed by atoms with van der Waals surface area (Å²) < 4.78 is 11.2. The molecule has 0 saturated heterocycles. The Kier molecular flexibility index (Phi) is 26.3. The minimum absolute atomic E-state index is 0.0741. The number of hydrogen-bond acceptors (Lipinski definition) is 12. The Morgan fingerprint density at radius 1 is 0.516 bits per heavy atom. The molecule has 0 spiro atoms. The first-order valence-electron chi connectivity index (χ1n) is 20.3. The molecule has 3 aromatic carbocycles. The largest absolute Gasteiger partial charge is 0.508 e. The maximum atomic E-state index is 10.2. The lowest BCUT2D eigenvalue weighted by molar-refractivity contribution is 0.0686. The van der Waals surface area contributed by atoms with Gasteiger partial charge in [-0.1, -0.05) is 24.3 Å². The maximum Gasteiger partial charge on any atom is 0.335 e. The van der Waals surface area contributed by atoms with Gasteiger partial charge < -0.3 is 50.7 Å². The van der Waals surface area contributed by atoms with E-state index in [1.165, 1.54) is 72.8 Å². The molecule has 0 aliphatic carbocycles. The maximum absolute atomic E-state index is 10.2. The van der Waals surface area contributed by atoms with Crippen molar-refractivity contribution in [1.29, 1.82) is 0 Å². The third kappa shape index (κ3) is 25.5. The van der Waals surface area contributed by atoms with Crippen molar-refractivity contribution < 1.29 is 54.5 Å². The highest BCUT2D eigenvalue weighted by Gasteiger charge is 2.03. The molecule has 2 aromatic heterocycles. The highest BCUT2D eigenvalue weighted by Crippen LogP contribution is 2.16. The monoisotopic (exact) mass is 882 g/mol. The van der Waals surface area contributed by atoms with Crippen LogP contribution in [0.3, 0.4) is 0 Å². The third-order valence-corrected chi connectivity index (χ3v) is 8.14. The lowest BCUT2D eigenvalue weighted by Crippen LogP contribution is -2.19. The second-order valence-corrected chi connectivity index (χ2v) is 14.5. The van der Waals surface area contributed by atoms with Crippen LogP contribution in [-0.4, -0.2) is 96.9 Å². The van der Waals surface area contributed by atoms with Gasteiger partial charge in [0.25, 0.3) is 0 Å². The Bertz CT molecular complexity index is 1950. The van der Waals surface area contributed by atoms with E-state index in [1.807, 2.05) is 66.3 Å². The van der Waals surface area contributed by atoms with Gasteiger partial charge in [0.2, 0.25) is 0 Å². The summed E-state index contributed by atoms with van der Waals surface area (Å²) in [5.74, 6) is -1.09. The van der Waals surface area contributed by atoms with Crippen molar-refractivity contribution in [3.05, 3.63) is 150 Å². The zero-order valence-electron chi connectivity index (χ0n) is 37.5. The average molecular weight is 883 g/mol. The second-order valence-electron chi connectivity index (χ2n) is 14.5. The number of nitrogens with one attached hydrogen (secondary N) is 2. The Morgan fingerprint density at radius 3 is 1.03 bits per heavy atom. The van der Waals surface area contributed by atoms with Crippen molar-refractivity contribution in [2.75, 3.05) is 14.1 Å². The molecule has 344 valence electrons. The highest BCUT2D eigenvalue weighted by molar-refractivity contribution is 5.88. The molecule has 2 atom stereocenters. The first-order valence-corrected chi connectivity index (χ1v) is 20.3. The van der Waals surface area contributed by atoms with Crippen molar-refractivity contribution >= 4 is 30.1 Å². The summed E-state index contributed by atoms with van der Waals surface area (Å²) in [5, 5.41) is 57.8. The summed E-state index contributed by atoms with van der Waals surface area (Å²) in [6.07, 6.45) is 18.0. The van der Waals surface area contributed by atoms with E-state index in [-0.39, 0.29) is 46.1 Å². The second kappa shape index (κ2) is 30.7. The van der Waals surface area contributed by atoms with Crippen LogP contribution in [0.1, 0.15) is 96.6 Å². The van der Waals surface area contributed by atoms with E-state index in [9.17, 15) is 14.4 Å². The van der Waals surface area contributed by atoms with Gasteiger partial charge in [-0.3, -0.25) is 9.97 Å². The molecule has 15 heteroatoms. The first kappa shape index (κ1) is 54.8. The van der Waals surface area contributed by atoms with Crippen LogP contribution in [-0.2, 0) is 0 Å². The van der Waals surface area contributed by atoms with Crippen LogP contribution in [0, 0.1) is 0 Å². The van der Waals surface area contributed by atoms with E-state index in [2.05, 4.69) is 58.8 Å². The number of rotatable bonds is 15. The van der Waals surface area contributed by atoms with Crippen LogP contribution >= 0.6 is 0 Å². The van der Waals surface area contributed by atoms with Gasteiger partial charge in [0.15, 0.2) is 0 Å². The minimum Gasteiger partial charge on any atom is -0.508 e. The number of aromatic carboxylic acids is 3. The highest BCUT2D eigenvalue weighted by atomic mass is 16.5. The van der Waals surface area contributed by atoms with Gasteiger partial charge in [-0.25, -0.2) is 14.4 Å². The predicted octanol–water partition coefficient (Wildman–Crippen LogP) is 9.03. The van der Waals surface area contributed by atoms with Gasteiger partial charge in [0.05, 0.1) is 41.3 Å². The van der Waals surface area contributed by atoms with Crippen LogP contribution in [0.25, 0.3) is 12.2 Å². The fourth-order valence-corrected chi connectivity index (χ4v) is 4.59. The van der Waals surface area contributed by atoms with Gasteiger partial charge in [-0.05, 0) is 165 Å². The zero-order valence-corrected chi connectivity index (χ0v) is 37.5. The molecular formula is C49H62N4O11. The quantitative estimate of drug-likeness (QED) is 0.0489. The summed E-state index contributed by atoms with van der Waals surface area (Å²) in [5.41, 5.74) is 2.69. The predicted molar refractivity (Wildman–Crippen MR) is 250 cm³/mol. The van der Waals surface area contributed by atoms with Crippen LogP contribution in [0.15, 0.2) is 122 Å². The summed E-state index contributed by atoms with van der Waals surface area (Å²) in [6.45, 7) is 12.4. The van der Waals surface area contributed by atoms with Crippen molar-refractivity contribution in [2.45, 2.75) is 78.7 Å². The first-order chi connectivity index (χ1) is 30.3. The minimum atomic E-state index is -0.986. The summed E-state index contributed by atoms with van der Waals surface area (Å²) >= 11 is 0. The number of ether oxygens (including phenoxy) is 2. The zero-order chi connectivity index (χ0) is 48.0. The van der Waals surface area contributed by atoms with Gasteiger partial charge in [0, 0.05) is 24.5 Å².